The molecule has 0 amide bonds. The monoisotopic (exact) mass is 336 g/mol. The van der Waals surface area contributed by atoms with Crippen LogP contribution in [0.4, 0.5) is 5.69 Å². The van der Waals surface area contributed by atoms with Crippen molar-refractivity contribution in [1.29, 1.82) is 0 Å². The summed E-state index contributed by atoms with van der Waals surface area (Å²) in [5.41, 5.74) is 7.97. The smallest absolute Gasteiger partial charge is 0.260 e. The highest BCUT2D eigenvalue weighted by atomic mass is 35.5. The Kier molecular flexibility index (Phi) is 4.57. The SMILES string of the molecule is Cl.NC1(c2noc(-c3ccccc3N3CCOCC3)n2)CCC1. The third-order valence-electron chi connectivity index (χ3n) is 4.60. The molecule has 1 saturated carbocycles. The second-order valence-electron chi connectivity index (χ2n) is 6.05. The third kappa shape index (κ3) is 2.94. The van der Waals surface area contributed by atoms with Gasteiger partial charge in [0.2, 0.25) is 0 Å². The van der Waals surface area contributed by atoms with Crippen molar-refractivity contribution in [3.63, 3.8) is 0 Å². The minimum Gasteiger partial charge on any atom is -0.378 e. The van der Waals surface area contributed by atoms with Crippen LogP contribution >= 0.6 is 12.4 Å². The van der Waals surface area contributed by atoms with E-state index in [1.807, 2.05) is 18.2 Å². The molecule has 0 bridgehead atoms. The maximum Gasteiger partial charge on any atom is 0.260 e. The van der Waals surface area contributed by atoms with E-state index in [2.05, 4.69) is 21.1 Å². The molecule has 4 rings (SSSR count). The topological polar surface area (TPSA) is 77.4 Å². The molecule has 1 aromatic carbocycles. The number of ether oxygens (including phenoxy) is 1. The van der Waals surface area contributed by atoms with Crippen LogP contribution in [0.25, 0.3) is 11.5 Å². The number of nitrogens with zero attached hydrogens (tertiary/aromatic N) is 3. The highest BCUT2D eigenvalue weighted by Crippen LogP contribution is 2.38. The Morgan fingerprint density at radius 2 is 1.87 bits per heavy atom. The minimum absolute atomic E-state index is 0. The molecule has 2 aliphatic rings. The Bertz CT molecular complexity index is 666. The fourth-order valence-corrected chi connectivity index (χ4v) is 3.05. The summed E-state index contributed by atoms with van der Waals surface area (Å²) >= 11 is 0. The number of anilines is 1. The van der Waals surface area contributed by atoms with E-state index in [4.69, 9.17) is 15.0 Å². The van der Waals surface area contributed by atoms with Gasteiger partial charge in [0.25, 0.3) is 5.89 Å². The van der Waals surface area contributed by atoms with Gasteiger partial charge in [-0.15, -0.1) is 12.4 Å². The summed E-state index contributed by atoms with van der Waals surface area (Å²) in [6.07, 6.45) is 2.99. The first-order chi connectivity index (χ1) is 10.8. The number of rotatable bonds is 3. The molecule has 2 N–H and O–H groups in total. The first-order valence-electron chi connectivity index (χ1n) is 7.81. The molecule has 0 spiro atoms. The van der Waals surface area contributed by atoms with E-state index in [0.29, 0.717) is 11.7 Å². The van der Waals surface area contributed by atoms with Gasteiger partial charge < -0.3 is 19.9 Å². The van der Waals surface area contributed by atoms with E-state index >= 15 is 0 Å². The van der Waals surface area contributed by atoms with Crippen molar-refractivity contribution in [2.24, 2.45) is 5.73 Å². The Labute approximate surface area is 141 Å². The summed E-state index contributed by atoms with van der Waals surface area (Å²) < 4.78 is 10.9. The highest BCUT2D eigenvalue weighted by Gasteiger charge is 2.39. The first kappa shape index (κ1) is 16.2. The number of benzene rings is 1. The number of halogens is 1. The van der Waals surface area contributed by atoms with E-state index in [1.165, 1.54) is 0 Å². The van der Waals surface area contributed by atoms with Gasteiger partial charge in [-0.1, -0.05) is 17.3 Å². The maximum atomic E-state index is 6.28. The molecule has 124 valence electrons. The summed E-state index contributed by atoms with van der Waals surface area (Å²) in [4.78, 5) is 6.86. The summed E-state index contributed by atoms with van der Waals surface area (Å²) in [6.45, 7) is 3.24. The van der Waals surface area contributed by atoms with Gasteiger partial charge in [-0.05, 0) is 31.4 Å². The van der Waals surface area contributed by atoms with E-state index in [9.17, 15) is 0 Å². The zero-order valence-corrected chi connectivity index (χ0v) is 13.7. The van der Waals surface area contributed by atoms with Crippen molar-refractivity contribution in [1.82, 2.24) is 10.1 Å². The fourth-order valence-electron chi connectivity index (χ4n) is 3.05. The van der Waals surface area contributed by atoms with Gasteiger partial charge in [0, 0.05) is 18.8 Å². The van der Waals surface area contributed by atoms with Gasteiger partial charge >= 0.3 is 0 Å². The lowest BCUT2D eigenvalue weighted by Crippen LogP contribution is -2.44. The molecule has 23 heavy (non-hydrogen) atoms. The molecule has 1 aliphatic heterocycles. The molecule has 2 aromatic rings. The lowest BCUT2D eigenvalue weighted by molar-refractivity contribution is 0.122. The molecule has 0 unspecified atom stereocenters. The Balaban J connectivity index is 0.00000156. The van der Waals surface area contributed by atoms with Crippen LogP contribution in [0.5, 0.6) is 0 Å². The van der Waals surface area contributed by atoms with Crippen LogP contribution in [-0.2, 0) is 10.3 Å². The molecule has 2 heterocycles. The van der Waals surface area contributed by atoms with Crippen molar-refractivity contribution in [3.05, 3.63) is 30.1 Å². The molecule has 0 atom stereocenters. The average Bonchev–Trinajstić information content (AvgIpc) is 3.04. The molecule has 7 heteroatoms. The molecule has 1 aromatic heterocycles. The number of hydrogen-bond acceptors (Lipinski definition) is 6. The third-order valence-corrected chi connectivity index (χ3v) is 4.60. The Hall–Kier alpha value is -1.63. The van der Waals surface area contributed by atoms with Crippen LogP contribution in [0.2, 0.25) is 0 Å². The van der Waals surface area contributed by atoms with Crippen LogP contribution in [0.1, 0.15) is 25.1 Å². The summed E-state index contributed by atoms with van der Waals surface area (Å²) in [6, 6.07) is 8.13. The molecule has 6 nitrogen and oxygen atoms in total. The van der Waals surface area contributed by atoms with Gasteiger partial charge in [-0.3, -0.25) is 0 Å². The standard InChI is InChI=1S/C16H20N4O2.ClH/c17-16(6-3-7-16)15-18-14(22-19-15)12-4-1-2-5-13(12)20-8-10-21-11-9-20;/h1-2,4-5H,3,6-11,17H2;1H. The zero-order chi connectivity index (χ0) is 15.0. The van der Waals surface area contributed by atoms with E-state index < -0.39 is 5.54 Å². The van der Waals surface area contributed by atoms with Gasteiger partial charge in [-0.2, -0.15) is 4.98 Å². The quantitative estimate of drug-likeness (QED) is 0.927. The number of para-hydroxylation sites is 1. The van der Waals surface area contributed by atoms with Crippen LogP contribution in [-0.4, -0.2) is 36.4 Å². The van der Waals surface area contributed by atoms with Gasteiger partial charge in [0.1, 0.15) is 0 Å². The van der Waals surface area contributed by atoms with Crippen LogP contribution in [0.15, 0.2) is 28.8 Å². The molecule has 2 fully saturated rings. The van der Waals surface area contributed by atoms with Crippen molar-refractivity contribution in [3.8, 4) is 11.5 Å². The fraction of sp³-hybridized carbons (Fsp3) is 0.500. The largest absolute Gasteiger partial charge is 0.378 e. The summed E-state index contributed by atoms with van der Waals surface area (Å²) in [5, 5.41) is 4.12. The van der Waals surface area contributed by atoms with Crippen LogP contribution < -0.4 is 10.6 Å². The first-order valence-corrected chi connectivity index (χ1v) is 7.81. The van der Waals surface area contributed by atoms with Crippen molar-refractivity contribution in [2.75, 3.05) is 31.2 Å². The van der Waals surface area contributed by atoms with Crippen molar-refractivity contribution < 1.29 is 9.26 Å². The molecule has 0 radical (unpaired) electrons. The van der Waals surface area contributed by atoms with Gasteiger partial charge in [-0.25, -0.2) is 0 Å². The predicted molar refractivity (Wildman–Crippen MR) is 89.7 cm³/mol. The average molecular weight is 337 g/mol. The van der Waals surface area contributed by atoms with Crippen LogP contribution in [0, 0.1) is 0 Å². The summed E-state index contributed by atoms with van der Waals surface area (Å²) in [7, 11) is 0. The Morgan fingerprint density at radius 1 is 1.13 bits per heavy atom. The van der Waals surface area contributed by atoms with Crippen LogP contribution in [0.3, 0.4) is 0 Å². The second kappa shape index (κ2) is 6.47. The van der Waals surface area contributed by atoms with Crippen molar-refractivity contribution >= 4 is 18.1 Å². The number of morpholine rings is 1. The van der Waals surface area contributed by atoms with Gasteiger partial charge in [0.15, 0.2) is 5.82 Å². The molecular formula is C16H21ClN4O2. The zero-order valence-electron chi connectivity index (χ0n) is 12.9. The summed E-state index contributed by atoms with van der Waals surface area (Å²) in [5.74, 6) is 1.18. The molecular weight excluding hydrogens is 316 g/mol. The highest BCUT2D eigenvalue weighted by molar-refractivity contribution is 5.85. The number of nitrogens with two attached hydrogens (primary N) is 1. The minimum atomic E-state index is -0.393. The normalized spacial score (nSPS) is 19.8. The second-order valence-corrected chi connectivity index (χ2v) is 6.05. The van der Waals surface area contributed by atoms with Crippen molar-refractivity contribution in [2.45, 2.75) is 24.8 Å². The van der Waals surface area contributed by atoms with E-state index in [1.54, 1.807) is 0 Å². The van der Waals surface area contributed by atoms with E-state index in [0.717, 1.165) is 56.8 Å². The molecule has 1 aliphatic carbocycles. The Morgan fingerprint density at radius 3 is 2.57 bits per heavy atom. The molecule has 1 saturated heterocycles. The number of aromatic nitrogens is 2. The lowest BCUT2D eigenvalue weighted by Gasteiger charge is -2.34. The maximum absolute atomic E-state index is 6.28. The predicted octanol–water partition coefficient (Wildman–Crippen LogP) is 2.33. The lowest BCUT2D eigenvalue weighted by atomic mass is 9.77. The number of hydrogen-bond donors (Lipinski definition) is 1. The van der Waals surface area contributed by atoms with E-state index in [-0.39, 0.29) is 12.4 Å². The van der Waals surface area contributed by atoms with Gasteiger partial charge in [0.05, 0.1) is 24.3 Å².